The van der Waals surface area contributed by atoms with Gasteiger partial charge in [-0.3, -0.25) is 4.90 Å². The Labute approximate surface area is 215 Å². The topological polar surface area (TPSA) is 94.1 Å². The molecular formula is C25H29Cl2N7O. The average molecular weight is 514 g/mol. The molecule has 8 nitrogen and oxygen atoms in total. The van der Waals surface area contributed by atoms with Gasteiger partial charge < -0.3 is 10.0 Å². The van der Waals surface area contributed by atoms with Gasteiger partial charge in [0.05, 0.1) is 18.8 Å². The quantitative estimate of drug-likeness (QED) is 0.543. The molecule has 2 fully saturated rings. The molecule has 2 aromatic heterocycles. The SMILES string of the molecule is CC1CN(c2cnc3c(C#N)nn(C(C)c4ccc(Cl)cc4Cl)c3n2)CCC1N1CCCC1CO. The number of aliphatic hydroxyl groups excluding tert-OH is 1. The number of aliphatic hydroxyl groups is 1. The normalized spacial score (nSPS) is 24.1. The van der Waals surface area contributed by atoms with E-state index >= 15 is 0 Å². The minimum atomic E-state index is -0.260. The molecule has 184 valence electrons. The van der Waals surface area contributed by atoms with E-state index in [0.29, 0.717) is 33.2 Å². The highest BCUT2D eigenvalue weighted by atomic mass is 35.5. The summed E-state index contributed by atoms with van der Waals surface area (Å²) in [5.74, 6) is 1.21. The van der Waals surface area contributed by atoms with Crippen LogP contribution in [0.5, 0.6) is 0 Å². The second-order valence-electron chi connectivity index (χ2n) is 9.64. The van der Waals surface area contributed by atoms with Gasteiger partial charge in [-0.25, -0.2) is 14.6 Å². The summed E-state index contributed by atoms with van der Waals surface area (Å²) >= 11 is 12.6. The molecule has 4 heterocycles. The summed E-state index contributed by atoms with van der Waals surface area (Å²) in [6.45, 7) is 7.26. The van der Waals surface area contributed by atoms with Crippen molar-refractivity contribution < 1.29 is 5.11 Å². The first kappa shape index (κ1) is 24.3. The standard InChI is InChI=1S/C25H29Cl2N7O/c1-15-13-32(9-7-22(15)33-8-3-4-18(33)14-35)23-12-29-24-21(11-28)31-34(25(24)30-23)16(2)19-6-5-17(26)10-20(19)27/h5-6,10,12,15-16,18,22,35H,3-4,7-9,13-14H2,1-2H3. The number of benzene rings is 1. The molecule has 0 aliphatic carbocycles. The molecule has 0 radical (unpaired) electrons. The average Bonchev–Trinajstić information content (AvgIpc) is 3.47. The number of nitriles is 1. The molecule has 1 aromatic carbocycles. The maximum atomic E-state index is 9.77. The molecule has 2 aliphatic rings. The third kappa shape index (κ3) is 4.47. The van der Waals surface area contributed by atoms with E-state index in [1.54, 1.807) is 23.0 Å². The number of halogens is 2. The lowest BCUT2D eigenvalue weighted by molar-refractivity contribution is 0.0800. The molecule has 2 aliphatic heterocycles. The lowest BCUT2D eigenvalue weighted by Crippen LogP contribution is -2.52. The highest BCUT2D eigenvalue weighted by Crippen LogP contribution is 2.33. The highest BCUT2D eigenvalue weighted by Gasteiger charge is 2.36. The van der Waals surface area contributed by atoms with Gasteiger partial charge in [-0.1, -0.05) is 36.2 Å². The summed E-state index contributed by atoms with van der Waals surface area (Å²) in [7, 11) is 0. The zero-order valence-electron chi connectivity index (χ0n) is 19.9. The van der Waals surface area contributed by atoms with Crippen LogP contribution in [0.4, 0.5) is 5.82 Å². The molecule has 2 saturated heterocycles. The van der Waals surface area contributed by atoms with Crippen molar-refractivity contribution in [3.63, 3.8) is 0 Å². The second-order valence-corrected chi connectivity index (χ2v) is 10.5. The summed E-state index contributed by atoms with van der Waals surface area (Å²) in [5.41, 5.74) is 2.13. The van der Waals surface area contributed by atoms with Crippen LogP contribution in [0.1, 0.15) is 50.4 Å². The molecular weight excluding hydrogens is 485 g/mol. The van der Waals surface area contributed by atoms with Crippen LogP contribution in [-0.2, 0) is 0 Å². The Hall–Kier alpha value is -2.44. The zero-order valence-corrected chi connectivity index (χ0v) is 21.4. The minimum Gasteiger partial charge on any atom is -0.395 e. The number of anilines is 1. The fourth-order valence-electron chi connectivity index (χ4n) is 5.69. The van der Waals surface area contributed by atoms with Crippen molar-refractivity contribution in [3.05, 3.63) is 45.7 Å². The number of fused-ring (bicyclic) bond motifs is 1. The molecule has 4 unspecified atom stereocenters. The Balaban J connectivity index is 1.44. The number of nitrogens with zero attached hydrogens (tertiary/aromatic N) is 7. The summed E-state index contributed by atoms with van der Waals surface area (Å²) in [5, 5.41) is 25.0. The first-order valence-electron chi connectivity index (χ1n) is 12.1. The molecule has 5 rings (SSSR count). The Morgan fingerprint density at radius 1 is 1.26 bits per heavy atom. The maximum absolute atomic E-state index is 9.77. The smallest absolute Gasteiger partial charge is 0.190 e. The number of aromatic nitrogens is 4. The van der Waals surface area contributed by atoms with Gasteiger partial charge in [-0.2, -0.15) is 10.4 Å². The van der Waals surface area contributed by atoms with Gasteiger partial charge in [-0.05, 0) is 56.3 Å². The van der Waals surface area contributed by atoms with Gasteiger partial charge in [0.2, 0.25) is 0 Å². The van der Waals surface area contributed by atoms with Crippen LogP contribution in [0.3, 0.4) is 0 Å². The summed E-state index contributed by atoms with van der Waals surface area (Å²) < 4.78 is 1.73. The van der Waals surface area contributed by atoms with Gasteiger partial charge in [0.1, 0.15) is 17.4 Å². The monoisotopic (exact) mass is 513 g/mol. The van der Waals surface area contributed by atoms with E-state index in [-0.39, 0.29) is 24.4 Å². The van der Waals surface area contributed by atoms with Crippen molar-refractivity contribution in [2.24, 2.45) is 5.92 Å². The van der Waals surface area contributed by atoms with Crippen molar-refractivity contribution in [3.8, 4) is 6.07 Å². The zero-order chi connectivity index (χ0) is 24.7. The molecule has 3 aromatic rings. The lowest BCUT2D eigenvalue weighted by Gasteiger charge is -2.43. The van der Waals surface area contributed by atoms with Crippen molar-refractivity contribution in [2.75, 3.05) is 31.1 Å². The number of hydrogen-bond donors (Lipinski definition) is 1. The van der Waals surface area contributed by atoms with Crippen molar-refractivity contribution in [1.82, 2.24) is 24.6 Å². The molecule has 4 atom stereocenters. The molecule has 0 spiro atoms. The van der Waals surface area contributed by atoms with Gasteiger partial charge in [0.25, 0.3) is 0 Å². The van der Waals surface area contributed by atoms with E-state index in [1.807, 2.05) is 13.0 Å². The van der Waals surface area contributed by atoms with E-state index in [0.717, 1.165) is 50.3 Å². The Bertz CT molecular complexity index is 1270. The van der Waals surface area contributed by atoms with Gasteiger partial charge in [0.15, 0.2) is 11.3 Å². The Morgan fingerprint density at radius 3 is 2.80 bits per heavy atom. The van der Waals surface area contributed by atoms with Gasteiger partial charge in [0, 0.05) is 35.2 Å². The fraction of sp³-hybridized carbons (Fsp3) is 0.520. The van der Waals surface area contributed by atoms with E-state index in [2.05, 4.69) is 32.9 Å². The van der Waals surface area contributed by atoms with E-state index in [1.165, 1.54) is 0 Å². The van der Waals surface area contributed by atoms with Crippen LogP contribution in [-0.4, -0.2) is 68.1 Å². The maximum Gasteiger partial charge on any atom is 0.190 e. The van der Waals surface area contributed by atoms with E-state index < -0.39 is 0 Å². The van der Waals surface area contributed by atoms with Crippen LogP contribution in [0.2, 0.25) is 10.0 Å². The predicted octanol–water partition coefficient (Wildman–Crippen LogP) is 4.29. The van der Waals surface area contributed by atoms with Gasteiger partial charge >= 0.3 is 0 Å². The largest absolute Gasteiger partial charge is 0.395 e. The van der Waals surface area contributed by atoms with Crippen molar-refractivity contribution in [1.29, 1.82) is 5.26 Å². The Morgan fingerprint density at radius 2 is 2.09 bits per heavy atom. The van der Waals surface area contributed by atoms with Crippen LogP contribution >= 0.6 is 23.2 Å². The molecule has 0 amide bonds. The van der Waals surface area contributed by atoms with E-state index in [4.69, 9.17) is 28.2 Å². The van der Waals surface area contributed by atoms with E-state index in [9.17, 15) is 10.4 Å². The molecule has 10 heteroatoms. The summed E-state index contributed by atoms with van der Waals surface area (Å²) in [4.78, 5) is 14.3. The van der Waals surface area contributed by atoms with Crippen LogP contribution in [0, 0.1) is 17.2 Å². The number of rotatable bonds is 5. The second kappa shape index (κ2) is 9.90. The molecule has 0 saturated carbocycles. The predicted molar refractivity (Wildman–Crippen MR) is 137 cm³/mol. The first-order chi connectivity index (χ1) is 16.9. The highest BCUT2D eigenvalue weighted by molar-refractivity contribution is 6.35. The lowest BCUT2D eigenvalue weighted by atomic mass is 9.92. The molecule has 35 heavy (non-hydrogen) atoms. The number of likely N-dealkylation sites (tertiary alicyclic amines) is 1. The third-order valence-corrected chi connectivity index (χ3v) is 8.08. The van der Waals surface area contributed by atoms with Crippen LogP contribution in [0.15, 0.2) is 24.4 Å². The summed E-state index contributed by atoms with van der Waals surface area (Å²) in [6, 6.07) is 8.00. The number of hydrogen-bond acceptors (Lipinski definition) is 7. The van der Waals surface area contributed by atoms with Crippen LogP contribution in [0.25, 0.3) is 11.2 Å². The third-order valence-electron chi connectivity index (χ3n) is 7.52. The van der Waals surface area contributed by atoms with Crippen molar-refractivity contribution >= 4 is 40.2 Å². The summed E-state index contributed by atoms with van der Waals surface area (Å²) in [6.07, 6.45) is 4.99. The molecule has 0 bridgehead atoms. The fourth-order valence-corrected chi connectivity index (χ4v) is 6.26. The minimum absolute atomic E-state index is 0.232. The number of piperidine rings is 1. The Kier molecular flexibility index (Phi) is 6.86. The van der Waals surface area contributed by atoms with Crippen molar-refractivity contribution in [2.45, 2.75) is 51.2 Å². The van der Waals surface area contributed by atoms with Gasteiger partial charge in [-0.15, -0.1) is 0 Å². The molecule has 1 N–H and O–H groups in total. The first-order valence-corrected chi connectivity index (χ1v) is 12.9. The van der Waals surface area contributed by atoms with Crippen LogP contribution < -0.4 is 4.90 Å².